The largest absolute Gasteiger partial charge is 0.465 e. The fourth-order valence-electron chi connectivity index (χ4n) is 2.20. The van der Waals surface area contributed by atoms with Crippen LogP contribution >= 0.6 is 0 Å². The fraction of sp³-hybridized carbons (Fsp3) is 0.125. The molecule has 6 nitrogen and oxygen atoms in total. The van der Waals surface area contributed by atoms with Crippen LogP contribution in [-0.2, 0) is 4.79 Å². The molecule has 3 rings (SSSR count). The maximum absolute atomic E-state index is 11.9. The highest BCUT2D eigenvalue weighted by molar-refractivity contribution is 6.02. The Kier molecular flexibility index (Phi) is 3.91. The number of carbonyl (C=O) groups is 2. The number of hydrogen-bond acceptors (Lipinski definition) is 3. The van der Waals surface area contributed by atoms with Gasteiger partial charge in [0.1, 0.15) is 5.76 Å². The van der Waals surface area contributed by atoms with Gasteiger partial charge in [0.05, 0.1) is 6.26 Å². The van der Waals surface area contributed by atoms with Gasteiger partial charge in [0.25, 0.3) is 0 Å². The lowest BCUT2D eigenvalue weighted by Gasteiger charge is -2.15. The van der Waals surface area contributed by atoms with Crippen molar-refractivity contribution in [2.24, 2.45) is 0 Å². The van der Waals surface area contributed by atoms with Gasteiger partial charge in [-0.15, -0.1) is 0 Å². The molecule has 1 aromatic heterocycles. The third-order valence-corrected chi connectivity index (χ3v) is 3.22. The highest BCUT2D eigenvalue weighted by atomic mass is 16.3. The zero-order valence-electron chi connectivity index (χ0n) is 11.8. The van der Waals surface area contributed by atoms with Gasteiger partial charge in [-0.1, -0.05) is 6.07 Å². The standard InChI is InChI=1S/C16H15N3O3/c20-15(7-6-14-5-2-10-22-14)18-12-3-1-4-13(11-12)19-9-8-17-16(19)21/h1-7,10-11H,8-9H2,(H,17,21)(H,18,20). The predicted molar refractivity (Wildman–Crippen MR) is 83.6 cm³/mol. The second kappa shape index (κ2) is 6.17. The first-order valence-corrected chi connectivity index (χ1v) is 6.90. The molecule has 2 aromatic rings. The Morgan fingerprint density at radius 3 is 2.95 bits per heavy atom. The molecular weight excluding hydrogens is 282 g/mol. The number of rotatable bonds is 4. The van der Waals surface area contributed by atoms with E-state index < -0.39 is 0 Å². The van der Waals surface area contributed by atoms with Crippen molar-refractivity contribution in [2.75, 3.05) is 23.3 Å². The van der Waals surface area contributed by atoms with Crippen LogP contribution in [0.1, 0.15) is 5.76 Å². The van der Waals surface area contributed by atoms with Gasteiger partial charge in [-0.25, -0.2) is 4.79 Å². The smallest absolute Gasteiger partial charge is 0.321 e. The average molecular weight is 297 g/mol. The summed E-state index contributed by atoms with van der Waals surface area (Å²) in [5.74, 6) is 0.345. The van der Waals surface area contributed by atoms with E-state index in [0.717, 1.165) is 5.69 Å². The third-order valence-electron chi connectivity index (χ3n) is 3.22. The molecule has 0 atom stereocenters. The monoisotopic (exact) mass is 297 g/mol. The van der Waals surface area contributed by atoms with E-state index in [2.05, 4.69) is 10.6 Å². The van der Waals surface area contributed by atoms with E-state index in [9.17, 15) is 9.59 Å². The van der Waals surface area contributed by atoms with Crippen LogP contribution < -0.4 is 15.5 Å². The lowest BCUT2D eigenvalue weighted by molar-refractivity contribution is -0.111. The van der Waals surface area contributed by atoms with Crippen LogP contribution in [0.2, 0.25) is 0 Å². The van der Waals surface area contributed by atoms with Gasteiger partial charge >= 0.3 is 6.03 Å². The summed E-state index contributed by atoms with van der Waals surface area (Å²) in [6.07, 6.45) is 4.53. The maximum atomic E-state index is 11.9. The van der Waals surface area contributed by atoms with E-state index in [-0.39, 0.29) is 11.9 Å². The molecule has 1 aliphatic rings. The van der Waals surface area contributed by atoms with Gasteiger partial charge in [-0.05, 0) is 36.4 Å². The molecule has 1 aliphatic heterocycles. The van der Waals surface area contributed by atoms with Crippen LogP contribution in [0.15, 0.2) is 53.2 Å². The predicted octanol–water partition coefficient (Wildman–Crippen LogP) is 2.46. The number of benzene rings is 1. The molecule has 0 spiro atoms. The van der Waals surface area contributed by atoms with E-state index in [0.29, 0.717) is 24.5 Å². The summed E-state index contributed by atoms with van der Waals surface area (Å²) < 4.78 is 5.11. The summed E-state index contributed by atoms with van der Waals surface area (Å²) in [7, 11) is 0. The lowest BCUT2D eigenvalue weighted by atomic mass is 10.2. The fourth-order valence-corrected chi connectivity index (χ4v) is 2.20. The summed E-state index contributed by atoms with van der Waals surface area (Å²) in [4.78, 5) is 25.2. The minimum Gasteiger partial charge on any atom is -0.465 e. The number of carbonyl (C=O) groups excluding carboxylic acids is 2. The van der Waals surface area contributed by atoms with Crippen LogP contribution in [0.25, 0.3) is 6.08 Å². The van der Waals surface area contributed by atoms with Crippen molar-refractivity contribution >= 4 is 29.4 Å². The SMILES string of the molecule is O=C(C=Cc1ccco1)Nc1cccc(N2CCNC2=O)c1. The Hall–Kier alpha value is -3.02. The summed E-state index contributed by atoms with van der Waals surface area (Å²) in [5, 5.41) is 5.50. The normalized spacial score (nSPS) is 14.4. The third kappa shape index (κ3) is 3.17. The molecule has 6 heteroatoms. The summed E-state index contributed by atoms with van der Waals surface area (Å²) in [5.41, 5.74) is 1.38. The molecule has 1 aromatic carbocycles. The average Bonchev–Trinajstić information content (AvgIpc) is 3.16. The molecule has 0 radical (unpaired) electrons. The van der Waals surface area contributed by atoms with Crippen LogP contribution in [0.3, 0.4) is 0 Å². The Bertz CT molecular complexity index is 707. The first kappa shape index (κ1) is 13.9. The van der Waals surface area contributed by atoms with Crippen LogP contribution in [0.4, 0.5) is 16.2 Å². The molecule has 2 heterocycles. The topological polar surface area (TPSA) is 74.6 Å². The summed E-state index contributed by atoms with van der Waals surface area (Å²) in [6, 6.07) is 10.6. The molecule has 0 aliphatic carbocycles. The summed E-state index contributed by atoms with van der Waals surface area (Å²) >= 11 is 0. The summed E-state index contributed by atoms with van der Waals surface area (Å²) in [6.45, 7) is 1.25. The minimum atomic E-state index is -0.264. The van der Waals surface area contributed by atoms with Crippen molar-refractivity contribution in [3.63, 3.8) is 0 Å². The first-order chi connectivity index (χ1) is 10.7. The van der Waals surface area contributed by atoms with Crippen molar-refractivity contribution in [2.45, 2.75) is 0 Å². The molecule has 22 heavy (non-hydrogen) atoms. The molecule has 1 fully saturated rings. The molecule has 112 valence electrons. The quantitative estimate of drug-likeness (QED) is 0.851. The second-order valence-electron chi connectivity index (χ2n) is 4.77. The Labute approximate surface area is 127 Å². The van der Waals surface area contributed by atoms with E-state index in [1.807, 2.05) is 6.07 Å². The maximum Gasteiger partial charge on any atom is 0.321 e. The van der Waals surface area contributed by atoms with Gasteiger partial charge in [0, 0.05) is 30.5 Å². The van der Waals surface area contributed by atoms with Gasteiger partial charge < -0.3 is 15.1 Å². The van der Waals surface area contributed by atoms with Crippen molar-refractivity contribution in [1.82, 2.24) is 5.32 Å². The van der Waals surface area contributed by atoms with Gasteiger partial charge in [-0.2, -0.15) is 0 Å². The van der Waals surface area contributed by atoms with Gasteiger partial charge in [0.2, 0.25) is 5.91 Å². The number of hydrogen-bond donors (Lipinski definition) is 2. The number of nitrogens with zero attached hydrogens (tertiary/aromatic N) is 1. The number of urea groups is 1. The number of anilines is 2. The van der Waals surface area contributed by atoms with E-state index >= 15 is 0 Å². The highest BCUT2D eigenvalue weighted by Crippen LogP contribution is 2.21. The Balaban J connectivity index is 1.67. The second-order valence-corrected chi connectivity index (χ2v) is 4.77. The van der Waals surface area contributed by atoms with E-state index in [4.69, 9.17) is 4.42 Å². The number of amides is 3. The molecule has 0 bridgehead atoms. The molecule has 0 unspecified atom stereocenters. The van der Waals surface area contributed by atoms with Crippen LogP contribution in [0, 0.1) is 0 Å². The first-order valence-electron chi connectivity index (χ1n) is 6.90. The highest BCUT2D eigenvalue weighted by Gasteiger charge is 2.21. The van der Waals surface area contributed by atoms with Crippen molar-refractivity contribution in [3.8, 4) is 0 Å². The van der Waals surface area contributed by atoms with Crippen LogP contribution in [0.5, 0.6) is 0 Å². The molecule has 2 N–H and O–H groups in total. The molecule has 3 amide bonds. The number of nitrogens with one attached hydrogen (secondary N) is 2. The Morgan fingerprint density at radius 1 is 1.32 bits per heavy atom. The van der Waals surface area contributed by atoms with Gasteiger partial charge in [0.15, 0.2) is 0 Å². The zero-order chi connectivity index (χ0) is 15.4. The van der Waals surface area contributed by atoms with Crippen molar-refractivity contribution in [1.29, 1.82) is 0 Å². The van der Waals surface area contributed by atoms with E-state index in [1.165, 1.54) is 6.08 Å². The molecule has 1 saturated heterocycles. The van der Waals surface area contributed by atoms with Crippen molar-refractivity contribution < 1.29 is 14.0 Å². The zero-order valence-corrected chi connectivity index (χ0v) is 11.8. The molecular formula is C16H15N3O3. The minimum absolute atomic E-state index is 0.124. The molecule has 0 saturated carbocycles. The van der Waals surface area contributed by atoms with Gasteiger partial charge in [-0.3, -0.25) is 9.69 Å². The number of furan rings is 1. The van der Waals surface area contributed by atoms with E-state index in [1.54, 1.807) is 47.6 Å². The van der Waals surface area contributed by atoms with Crippen LogP contribution in [-0.4, -0.2) is 25.0 Å². The Morgan fingerprint density at radius 2 is 2.23 bits per heavy atom. The lowest BCUT2D eigenvalue weighted by Crippen LogP contribution is -2.27. The van der Waals surface area contributed by atoms with Crippen molar-refractivity contribution in [3.05, 3.63) is 54.5 Å².